The van der Waals surface area contributed by atoms with Gasteiger partial charge in [-0.3, -0.25) is 0 Å². The quantitative estimate of drug-likeness (QED) is 0.902. The van der Waals surface area contributed by atoms with Crippen LogP contribution in [0.3, 0.4) is 0 Å². The lowest BCUT2D eigenvalue weighted by molar-refractivity contribution is 0.199. The molecule has 2 nitrogen and oxygen atoms in total. The Kier molecular flexibility index (Phi) is 3.41. The van der Waals surface area contributed by atoms with Gasteiger partial charge in [-0.05, 0) is 55.7 Å². The maximum Gasteiger partial charge on any atom is 0.126 e. The van der Waals surface area contributed by atoms with E-state index >= 15 is 0 Å². The number of anilines is 2. The van der Waals surface area contributed by atoms with Crippen molar-refractivity contribution in [3.63, 3.8) is 0 Å². The first-order valence-corrected chi connectivity index (χ1v) is 7.01. The van der Waals surface area contributed by atoms with Crippen LogP contribution >= 0.6 is 0 Å². The molecule has 0 bridgehead atoms. The molecule has 1 aliphatic heterocycles. The highest BCUT2D eigenvalue weighted by Crippen LogP contribution is 2.39. The molecular formula is C17H17F2NO. The van der Waals surface area contributed by atoms with Crippen LogP contribution in [-0.2, 0) is 6.42 Å². The van der Waals surface area contributed by atoms with E-state index in [2.05, 4.69) is 0 Å². The number of nitrogens with zero attached hydrogens (tertiary/aromatic N) is 1. The monoisotopic (exact) mass is 289 g/mol. The molecular weight excluding hydrogens is 272 g/mol. The Balaban J connectivity index is 2.15. The molecule has 0 aliphatic carbocycles. The van der Waals surface area contributed by atoms with Gasteiger partial charge in [0.2, 0.25) is 0 Å². The van der Waals surface area contributed by atoms with Crippen LogP contribution < -0.4 is 4.90 Å². The fourth-order valence-electron chi connectivity index (χ4n) is 2.85. The highest BCUT2D eigenvalue weighted by atomic mass is 19.1. The van der Waals surface area contributed by atoms with Gasteiger partial charge < -0.3 is 10.0 Å². The lowest BCUT2D eigenvalue weighted by Crippen LogP contribution is -2.17. The molecule has 0 radical (unpaired) electrons. The van der Waals surface area contributed by atoms with Crippen molar-refractivity contribution in [3.8, 4) is 0 Å². The van der Waals surface area contributed by atoms with Crippen molar-refractivity contribution in [3.05, 3.63) is 58.7 Å². The van der Waals surface area contributed by atoms with Gasteiger partial charge in [-0.2, -0.15) is 0 Å². The highest BCUT2D eigenvalue weighted by Gasteiger charge is 2.25. The van der Waals surface area contributed by atoms with Crippen molar-refractivity contribution < 1.29 is 13.9 Å². The standard InChI is InChI=1S/C17H17F2NO/c1-10-7-17(14(11(2)21)9-15(10)19)20-6-5-12-3-4-13(18)8-16(12)20/h3-4,7-9,11,21H,5-6H2,1-2H3. The summed E-state index contributed by atoms with van der Waals surface area (Å²) in [5.41, 5.74) is 3.64. The molecule has 0 aromatic heterocycles. The Morgan fingerprint density at radius 1 is 1.14 bits per heavy atom. The van der Waals surface area contributed by atoms with Gasteiger partial charge in [0.15, 0.2) is 0 Å². The largest absolute Gasteiger partial charge is 0.389 e. The fourth-order valence-corrected chi connectivity index (χ4v) is 2.85. The molecule has 21 heavy (non-hydrogen) atoms. The van der Waals surface area contributed by atoms with Crippen LogP contribution in [-0.4, -0.2) is 11.7 Å². The zero-order chi connectivity index (χ0) is 15.1. The van der Waals surface area contributed by atoms with Gasteiger partial charge in [-0.1, -0.05) is 6.07 Å². The molecule has 0 amide bonds. The summed E-state index contributed by atoms with van der Waals surface area (Å²) in [5, 5.41) is 9.92. The van der Waals surface area contributed by atoms with E-state index in [1.807, 2.05) is 4.90 Å². The maximum atomic E-state index is 13.8. The van der Waals surface area contributed by atoms with Crippen molar-refractivity contribution in [2.75, 3.05) is 11.4 Å². The normalized spacial score (nSPS) is 15.2. The zero-order valence-corrected chi connectivity index (χ0v) is 12.0. The average Bonchev–Trinajstić information content (AvgIpc) is 2.84. The summed E-state index contributed by atoms with van der Waals surface area (Å²) < 4.78 is 27.3. The van der Waals surface area contributed by atoms with Crippen molar-refractivity contribution in [2.24, 2.45) is 0 Å². The first-order chi connectivity index (χ1) is 9.97. The number of hydrogen-bond acceptors (Lipinski definition) is 2. The van der Waals surface area contributed by atoms with Gasteiger partial charge in [0.1, 0.15) is 11.6 Å². The lowest BCUT2D eigenvalue weighted by Gasteiger charge is -2.25. The molecule has 2 aromatic rings. The van der Waals surface area contributed by atoms with Crippen molar-refractivity contribution in [1.29, 1.82) is 0 Å². The third-order valence-corrected chi connectivity index (χ3v) is 3.99. The second kappa shape index (κ2) is 5.11. The minimum Gasteiger partial charge on any atom is -0.389 e. The number of aliphatic hydroxyl groups is 1. The van der Waals surface area contributed by atoms with E-state index in [9.17, 15) is 13.9 Å². The predicted octanol–water partition coefficient (Wildman–Crippen LogP) is 4.02. The van der Waals surface area contributed by atoms with Crippen LogP contribution in [0.25, 0.3) is 0 Å². The smallest absolute Gasteiger partial charge is 0.126 e. The Bertz CT molecular complexity index is 697. The molecule has 110 valence electrons. The third-order valence-electron chi connectivity index (χ3n) is 3.99. The second-order valence-electron chi connectivity index (χ2n) is 5.51. The van der Waals surface area contributed by atoms with Gasteiger partial charge in [0, 0.05) is 23.5 Å². The first kappa shape index (κ1) is 14.0. The van der Waals surface area contributed by atoms with Crippen LogP contribution in [0.1, 0.15) is 29.7 Å². The van der Waals surface area contributed by atoms with Gasteiger partial charge >= 0.3 is 0 Å². The molecule has 1 unspecified atom stereocenters. The minimum atomic E-state index is -0.785. The third kappa shape index (κ3) is 2.40. The van der Waals surface area contributed by atoms with E-state index in [1.165, 1.54) is 18.2 Å². The van der Waals surface area contributed by atoms with E-state index in [0.29, 0.717) is 17.7 Å². The second-order valence-corrected chi connectivity index (χ2v) is 5.51. The van der Waals surface area contributed by atoms with Crippen molar-refractivity contribution in [2.45, 2.75) is 26.4 Å². The fraction of sp³-hybridized carbons (Fsp3) is 0.294. The van der Waals surface area contributed by atoms with Crippen LogP contribution in [0.2, 0.25) is 0 Å². The number of aliphatic hydroxyl groups excluding tert-OH is 1. The minimum absolute atomic E-state index is 0.293. The maximum absolute atomic E-state index is 13.8. The summed E-state index contributed by atoms with van der Waals surface area (Å²) in [6.45, 7) is 3.99. The van der Waals surface area contributed by atoms with Crippen LogP contribution in [0.5, 0.6) is 0 Å². The topological polar surface area (TPSA) is 23.5 Å². The molecule has 1 aliphatic rings. The highest BCUT2D eigenvalue weighted by molar-refractivity contribution is 5.73. The van der Waals surface area contributed by atoms with Crippen LogP contribution in [0.15, 0.2) is 30.3 Å². The lowest BCUT2D eigenvalue weighted by atomic mass is 10.0. The SMILES string of the molecule is Cc1cc(N2CCc3ccc(F)cc32)c(C(C)O)cc1F. The van der Waals surface area contributed by atoms with Crippen molar-refractivity contribution >= 4 is 11.4 Å². The molecule has 0 saturated carbocycles. The van der Waals surface area contributed by atoms with Gasteiger partial charge in [0.05, 0.1) is 6.10 Å². The Labute approximate surface area is 122 Å². The molecule has 0 fully saturated rings. The van der Waals surface area contributed by atoms with E-state index < -0.39 is 6.10 Å². The number of rotatable bonds is 2. The summed E-state index contributed by atoms with van der Waals surface area (Å²) >= 11 is 0. The molecule has 4 heteroatoms. The van der Waals surface area contributed by atoms with Gasteiger partial charge in [0.25, 0.3) is 0 Å². The summed E-state index contributed by atoms with van der Waals surface area (Å²) in [6.07, 6.45) is 0.0263. The zero-order valence-electron chi connectivity index (χ0n) is 12.0. The summed E-state index contributed by atoms with van der Waals surface area (Å²) in [4.78, 5) is 1.95. The molecule has 1 N–H and O–H groups in total. The molecule has 0 saturated heterocycles. The van der Waals surface area contributed by atoms with E-state index in [-0.39, 0.29) is 11.6 Å². The molecule has 2 aromatic carbocycles. The Morgan fingerprint density at radius 3 is 2.62 bits per heavy atom. The Hall–Kier alpha value is -1.94. The van der Waals surface area contributed by atoms with E-state index in [0.717, 1.165) is 23.4 Å². The summed E-state index contributed by atoms with van der Waals surface area (Å²) in [7, 11) is 0. The number of fused-ring (bicyclic) bond motifs is 1. The first-order valence-electron chi connectivity index (χ1n) is 7.01. The number of aryl methyl sites for hydroxylation is 1. The molecule has 1 heterocycles. The average molecular weight is 289 g/mol. The molecule has 3 rings (SSSR count). The van der Waals surface area contributed by atoms with E-state index in [1.54, 1.807) is 26.0 Å². The summed E-state index contributed by atoms with van der Waals surface area (Å²) in [6, 6.07) is 7.81. The van der Waals surface area contributed by atoms with Crippen molar-refractivity contribution in [1.82, 2.24) is 0 Å². The molecule has 0 spiro atoms. The number of benzene rings is 2. The predicted molar refractivity (Wildman–Crippen MR) is 78.9 cm³/mol. The number of hydrogen-bond donors (Lipinski definition) is 1. The Morgan fingerprint density at radius 2 is 1.90 bits per heavy atom. The summed E-state index contributed by atoms with van der Waals surface area (Å²) in [5.74, 6) is -0.633. The molecule has 1 atom stereocenters. The number of halogens is 2. The van der Waals surface area contributed by atoms with Crippen LogP contribution in [0, 0.1) is 18.6 Å². The van der Waals surface area contributed by atoms with E-state index in [4.69, 9.17) is 0 Å². The van der Waals surface area contributed by atoms with Gasteiger partial charge in [-0.15, -0.1) is 0 Å². The van der Waals surface area contributed by atoms with Crippen LogP contribution in [0.4, 0.5) is 20.2 Å². The van der Waals surface area contributed by atoms with Gasteiger partial charge in [-0.25, -0.2) is 8.78 Å².